The van der Waals surface area contributed by atoms with E-state index in [1.54, 1.807) is 18.2 Å². The standard InChI is InChI=1S/C10H8ClN3O2/c1-7(15)16-10-12-6-14(13-10)9-4-2-3-8(11)5-9/h2-6H,1H3. The van der Waals surface area contributed by atoms with Crippen LogP contribution >= 0.6 is 11.6 Å². The molecule has 5 nitrogen and oxygen atoms in total. The summed E-state index contributed by atoms with van der Waals surface area (Å²) in [5, 5.41) is 4.56. The molecule has 0 aliphatic rings. The molecule has 0 bridgehead atoms. The predicted molar refractivity (Wildman–Crippen MR) is 57.7 cm³/mol. The summed E-state index contributed by atoms with van der Waals surface area (Å²) in [4.78, 5) is 14.5. The Morgan fingerprint density at radius 3 is 3.00 bits per heavy atom. The Labute approximate surface area is 96.6 Å². The second-order valence-corrected chi connectivity index (χ2v) is 3.48. The van der Waals surface area contributed by atoms with Crippen LogP contribution in [0.2, 0.25) is 5.02 Å². The Morgan fingerprint density at radius 1 is 1.50 bits per heavy atom. The SMILES string of the molecule is CC(=O)Oc1ncn(-c2cccc(Cl)c2)n1. The molecule has 0 N–H and O–H groups in total. The van der Waals surface area contributed by atoms with E-state index in [4.69, 9.17) is 16.3 Å². The van der Waals surface area contributed by atoms with E-state index >= 15 is 0 Å². The number of hydrogen-bond acceptors (Lipinski definition) is 4. The summed E-state index contributed by atoms with van der Waals surface area (Å²) in [6.07, 6.45) is 1.45. The van der Waals surface area contributed by atoms with Crippen molar-refractivity contribution in [3.8, 4) is 11.7 Å². The molecule has 0 fully saturated rings. The molecule has 0 saturated carbocycles. The van der Waals surface area contributed by atoms with Crippen molar-refractivity contribution in [1.82, 2.24) is 14.8 Å². The highest BCUT2D eigenvalue weighted by Crippen LogP contribution is 2.14. The highest BCUT2D eigenvalue weighted by atomic mass is 35.5. The summed E-state index contributed by atoms with van der Waals surface area (Å²) < 4.78 is 6.21. The van der Waals surface area contributed by atoms with E-state index in [-0.39, 0.29) is 6.01 Å². The van der Waals surface area contributed by atoms with E-state index in [1.807, 2.05) is 6.07 Å². The number of halogens is 1. The molecule has 0 unspecified atom stereocenters. The average Bonchev–Trinajstić information content (AvgIpc) is 2.65. The first-order valence-corrected chi connectivity index (χ1v) is 4.89. The minimum absolute atomic E-state index is 0.0208. The zero-order valence-corrected chi connectivity index (χ0v) is 9.18. The summed E-state index contributed by atoms with van der Waals surface area (Å²) in [7, 11) is 0. The Morgan fingerprint density at radius 2 is 2.31 bits per heavy atom. The predicted octanol–water partition coefficient (Wildman–Crippen LogP) is 1.85. The second kappa shape index (κ2) is 4.32. The Balaban J connectivity index is 2.28. The number of esters is 1. The largest absolute Gasteiger partial charge is 0.390 e. The van der Waals surface area contributed by atoms with Crippen molar-refractivity contribution >= 4 is 17.6 Å². The van der Waals surface area contributed by atoms with Gasteiger partial charge in [0.15, 0.2) is 0 Å². The Hall–Kier alpha value is -1.88. The summed E-state index contributed by atoms with van der Waals surface area (Å²) in [5.41, 5.74) is 0.749. The number of rotatable bonds is 2. The highest BCUT2D eigenvalue weighted by molar-refractivity contribution is 6.30. The summed E-state index contributed by atoms with van der Waals surface area (Å²) >= 11 is 5.84. The van der Waals surface area contributed by atoms with E-state index in [1.165, 1.54) is 17.9 Å². The van der Waals surface area contributed by atoms with Crippen molar-refractivity contribution in [2.75, 3.05) is 0 Å². The minimum Gasteiger partial charge on any atom is -0.390 e. The number of carbonyl (C=O) groups excluding carboxylic acids is 1. The lowest BCUT2D eigenvalue weighted by Crippen LogP contribution is -2.03. The van der Waals surface area contributed by atoms with Crippen LogP contribution in [0.15, 0.2) is 30.6 Å². The maximum atomic E-state index is 10.7. The molecular weight excluding hydrogens is 230 g/mol. The summed E-state index contributed by atoms with van der Waals surface area (Å²) in [6, 6.07) is 7.12. The van der Waals surface area contributed by atoms with Crippen LogP contribution in [0, 0.1) is 0 Å². The molecule has 1 aromatic heterocycles. The molecule has 0 spiro atoms. The Bertz CT molecular complexity index is 524. The highest BCUT2D eigenvalue weighted by Gasteiger charge is 2.05. The molecule has 0 atom stereocenters. The van der Waals surface area contributed by atoms with Gasteiger partial charge in [-0.05, 0) is 18.2 Å². The molecule has 0 saturated heterocycles. The number of carbonyl (C=O) groups is 1. The van der Waals surface area contributed by atoms with Crippen LogP contribution in [0.5, 0.6) is 6.01 Å². The van der Waals surface area contributed by atoms with Crippen molar-refractivity contribution in [3.05, 3.63) is 35.6 Å². The number of benzene rings is 1. The molecule has 0 amide bonds. The lowest BCUT2D eigenvalue weighted by Gasteiger charge is -1.99. The van der Waals surface area contributed by atoms with Crippen LogP contribution in [0.1, 0.15) is 6.92 Å². The van der Waals surface area contributed by atoms with Gasteiger partial charge in [0, 0.05) is 11.9 Å². The molecule has 1 heterocycles. The third-order valence-corrected chi connectivity index (χ3v) is 2.01. The van der Waals surface area contributed by atoms with Gasteiger partial charge in [0.25, 0.3) is 0 Å². The first-order chi connectivity index (χ1) is 7.65. The van der Waals surface area contributed by atoms with Crippen molar-refractivity contribution in [2.24, 2.45) is 0 Å². The van der Waals surface area contributed by atoms with E-state index in [0.717, 1.165) is 5.69 Å². The van der Waals surface area contributed by atoms with E-state index in [2.05, 4.69) is 10.1 Å². The van der Waals surface area contributed by atoms with Gasteiger partial charge in [-0.1, -0.05) is 17.7 Å². The monoisotopic (exact) mass is 237 g/mol. The first kappa shape index (κ1) is 10.6. The molecule has 1 aromatic carbocycles. The van der Waals surface area contributed by atoms with Gasteiger partial charge in [0.05, 0.1) is 5.69 Å². The normalized spacial score (nSPS) is 10.1. The molecule has 2 aromatic rings. The van der Waals surface area contributed by atoms with Crippen LogP contribution < -0.4 is 4.74 Å². The van der Waals surface area contributed by atoms with Crippen LogP contribution in [0.4, 0.5) is 0 Å². The fourth-order valence-electron chi connectivity index (χ4n) is 1.17. The first-order valence-electron chi connectivity index (χ1n) is 4.51. The fraction of sp³-hybridized carbons (Fsp3) is 0.100. The number of aromatic nitrogens is 3. The van der Waals surface area contributed by atoms with Crippen LogP contribution in [0.3, 0.4) is 0 Å². The molecule has 0 aliphatic heterocycles. The second-order valence-electron chi connectivity index (χ2n) is 3.05. The van der Waals surface area contributed by atoms with Crippen molar-refractivity contribution in [2.45, 2.75) is 6.92 Å². The third-order valence-electron chi connectivity index (χ3n) is 1.78. The van der Waals surface area contributed by atoms with Gasteiger partial charge in [0.1, 0.15) is 6.33 Å². The Kier molecular flexibility index (Phi) is 2.87. The van der Waals surface area contributed by atoms with Crippen LogP contribution in [-0.4, -0.2) is 20.7 Å². The molecule has 6 heteroatoms. The van der Waals surface area contributed by atoms with E-state index < -0.39 is 5.97 Å². The summed E-state index contributed by atoms with van der Waals surface area (Å²) in [5.74, 6) is -0.455. The van der Waals surface area contributed by atoms with Gasteiger partial charge >= 0.3 is 12.0 Å². The van der Waals surface area contributed by atoms with Crippen LogP contribution in [-0.2, 0) is 4.79 Å². The lowest BCUT2D eigenvalue weighted by atomic mass is 10.3. The molecular formula is C10H8ClN3O2. The van der Waals surface area contributed by atoms with Gasteiger partial charge in [-0.2, -0.15) is 4.98 Å². The van der Waals surface area contributed by atoms with Crippen molar-refractivity contribution in [3.63, 3.8) is 0 Å². The molecule has 0 radical (unpaired) electrons. The van der Waals surface area contributed by atoms with E-state index in [0.29, 0.717) is 5.02 Å². The van der Waals surface area contributed by atoms with Crippen LogP contribution in [0.25, 0.3) is 5.69 Å². The topological polar surface area (TPSA) is 57.0 Å². The quantitative estimate of drug-likeness (QED) is 0.748. The third kappa shape index (κ3) is 2.38. The average molecular weight is 238 g/mol. The maximum Gasteiger partial charge on any atom is 0.343 e. The molecule has 82 valence electrons. The minimum atomic E-state index is -0.455. The molecule has 16 heavy (non-hydrogen) atoms. The summed E-state index contributed by atoms with van der Waals surface area (Å²) in [6.45, 7) is 1.29. The van der Waals surface area contributed by atoms with E-state index in [9.17, 15) is 4.79 Å². The lowest BCUT2D eigenvalue weighted by molar-refractivity contribution is -0.132. The zero-order chi connectivity index (χ0) is 11.5. The smallest absolute Gasteiger partial charge is 0.343 e. The fourth-order valence-corrected chi connectivity index (χ4v) is 1.35. The van der Waals surface area contributed by atoms with Gasteiger partial charge in [-0.15, -0.1) is 5.10 Å². The van der Waals surface area contributed by atoms with Crippen molar-refractivity contribution in [1.29, 1.82) is 0 Å². The van der Waals surface area contributed by atoms with Crippen molar-refractivity contribution < 1.29 is 9.53 Å². The number of hydrogen-bond donors (Lipinski definition) is 0. The molecule has 2 rings (SSSR count). The van der Waals surface area contributed by atoms with Gasteiger partial charge < -0.3 is 4.74 Å². The number of ether oxygens (including phenoxy) is 1. The van der Waals surface area contributed by atoms with Gasteiger partial charge in [-0.25, -0.2) is 4.68 Å². The van der Waals surface area contributed by atoms with Gasteiger partial charge in [0.2, 0.25) is 0 Å². The zero-order valence-electron chi connectivity index (χ0n) is 8.42. The number of nitrogens with zero attached hydrogens (tertiary/aromatic N) is 3. The maximum absolute atomic E-state index is 10.7. The van der Waals surface area contributed by atoms with Gasteiger partial charge in [-0.3, -0.25) is 4.79 Å². The molecule has 0 aliphatic carbocycles.